The summed E-state index contributed by atoms with van der Waals surface area (Å²) in [5.41, 5.74) is 0.708. The summed E-state index contributed by atoms with van der Waals surface area (Å²) in [6, 6.07) is 3.58. The third kappa shape index (κ3) is 2.93. The Hall–Kier alpha value is -1.62. The molecule has 1 aromatic heterocycles. The fraction of sp³-hybridized carbons (Fsp3) is 0.600. The number of carbonyl (C=O) groups excluding carboxylic acids is 1. The van der Waals surface area contributed by atoms with E-state index in [1.54, 1.807) is 25.4 Å². The van der Waals surface area contributed by atoms with E-state index in [-0.39, 0.29) is 11.4 Å². The van der Waals surface area contributed by atoms with Crippen LogP contribution in [0, 0.1) is 0 Å². The Kier molecular flexibility index (Phi) is 4.60. The van der Waals surface area contributed by atoms with Gasteiger partial charge in [-0.1, -0.05) is 12.8 Å². The smallest absolute Gasteiger partial charge is 0.255 e. The van der Waals surface area contributed by atoms with E-state index in [1.165, 1.54) is 12.8 Å². The fourth-order valence-electron chi connectivity index (χ4n) is 2.94. The van der Waals surface area contributed by atoms with Crippen molar-refractivity contribution in [2.45, 2.75) is 31.2 Å². The number of nitrogens with one attached hydrogen (secondary N) is 2. The van der Waals surface area contributed by atoms with Gasteiger partial charge in [-0.15, -0.1) is 0 Å². The molecule has 0 aromatic carbocycles. The molecule has 2 rings (SSSR count). The highest BCUT2D eigenvalue weighted by atomic mass is 16.1. The molecule has 2 N–H and O–H groups in total. The van der Waals surface area contributed by atoms with Crippen LogP contribution in [0.1, 0.15) is 36.0 Å². The van der Waals surface area contributed by atoms with Gasteiger partial charge in [0.25, 0.3) is 5.91 Å². The minimum atomic E-state index is -0.0597. The van der Waals surface area contributed by atoms with Gasteiger partial charge in [0.2, 0.25) is 0 Å². The largest absolute Gasteiger partial charge is 0.372 e. The normalized spacial score (nSPS) is 17.2. The van der Waals surface area contributed by atoms with Gasteiger partial charge >= 0.3 is 0 Å². The summed E-state index contributed by atoms with van der Waals surface area (Å²) in [5.74, 6) is 0.561. The first-order valence-electron chi connectivity index (χ1n) is 7.17. The number of carbonyl (C=O) groups is 1. The van der Waals surface area contributed by atoms with Crippen LogP contribution in [0.15, 0.2) is 18.3 Å². The Balaban J connectivity index is 2.05. The number of hydrogen-bond acceptors (Lipinski definition) is 4. The number of nitrogens with zero attached hydrogens (tertiary/aromatic N) is 2. The second kappa shape index (κ2) is 6.22. The molecule has 0 saturated heterocycles. The van der Waals surface area contributed by atoms with Crippen molar-refractivity contribution >= 4 is 11.7 Å². The van der Waals surface area contributed by atoms with Crippen molar-refractivity contribution in [1.29, 1.82) is 0 Å². The minimum Gasteiger partial charge on any atom is -0.372 e. The lowest BCUT2D eigenvalue weighted by Crippen LogP contribution is -2.50. The first kappa shape index (κ1) is 14.8. The summed E-state index contributed by atoms with van der Waals surface area (Å²) < 4.78 is 0. The molecule has 1 heterocycles. The number of aromatic nitrogens is 1. The molecule has 5 heteroatoms. The lowest BCUT2D eigenvalue weighted by Gasteiger charge is -2.36. The molecule has 0 atom stereocenters. The Bertz CT molecular complexity index is 467. The van der Waals surface area contributed by atoms with Crippen molar-refractivity contribution < 1.29 is 4.79 Å². The average Bonchev–Trinajstić information content (AvgIpc) is 2.95. The van der Waals surface area contributed by atoms with E-state index in [9.17, 15) is 4.79 Å². The molecular formula is C15H24N4O. The lowest BCUT2D eigenvalue weighted by atomic mass is 9.96. The molecule has 5 nitrogen and oxygen atoms in total. The molecule has 20 heavy (non-hydrogen) atoms. The molecule has 1 aliphatic carbocycles. The van der Waals surface area contributed by atoms with E-state index >= 15 is 0 Å². The van der Waals surface area contributed by atoms with E-state index in [2.05, 4.69) is 34.6 Å². The fourth-order valence-corrected chi connectivity index (χ4v) is 2.94. The van der Waals surface area contributed by atoms with E-state index in [1.807, 2.05) is 0 Å². The molecule has 1 amide bonds. The summed E-state index contributed by atoms with van der Waals surface area (Å²) in [5, 5.41) is 6.03. The van der Waals surface area contributed by atoms with Crippen LogP contribution in [0.2, 0.25) is 0 Å². The van der Waals surface area contributed by atoms with Crippen molar-refractivity contribution in [2.75, 3.05) is 33.0 Å². The third-order valence-electron chi connectivity index (χ3n) is 4.35. The number of rotatable bonds is 5. The standard InChI is InChI=1S/C15H24N4O/c1-16-13-12(7-6-10-17-13)14(20)18-11-15(19(2)3)8-4-5-9-15/h6-7,10H,4-5,8-9,11H2,1-3H3,(H,16,17)(H,18,20). The maximum absolute atomic E-state index is 12.3. The molecule has 0 unspecified atom stereocenters. The molecule has 0 bridgehead atoms. The maximum Gasteiger partial charge on any atom is 0.255 e. The van der Waals surface area contributed by atoms with Crippen molar-refractivity contribution in [3.05, 3.63) is 23.9 Å². The Labute approximate surface area is 120 Å². The zero-order valence-corrected chi connectivity index (χ0v) is 12.6. The maximum atomic E-state index is 12.3. The number of hydrogen-bond donors (Lipinski definition) is 2. The van der Waals surface area contributed by atoms with Crippen molar-refractivity contribution in [3.63, 3.8) is 0 Å². The van der Waals surface area contributed by atoms with Gasteiger partial charge < -0.3 is 15.5 Å². The third-order valence-corrected chi connectivity index (χ3v) is 4.35. The minimum absolute atomic E-state index is 0.0597. The van der Waals surface area contributed by atoms with Crippen LogP contribution in [0.3, 0.4) is 0 Å². The average molecular weight is 276 g/mol. The quantitative estimate of drug-likeness (QED) is 0.860. The number of likely N-dealkylation sites (N-methyl/N-ethyl adjacent to an activating group) is 1. The number of anilines is 1. The molecule has 0 radical (unpaired) electrons. The molecule has 110 valence electrons. The second-order valence-electron chi connectivity index (χ2n) is 5.66. The Morgan fingerprint density at radius 2 is 2.10 bits per heavy atom. The van der Waals surface area contributed by atoms with Crippen LogP contribution in [-0.2, 0) is 0 Å². The van der Waals surface area contributed by atoms with E-state index < -0.39 is 0 Å². The first-order chi connectivity index (χ1) is 9.59. The molecule has 1 aliphatic rings. The predicted octanol–water partition coefficient (Wildman–Crippen LogP) is 1.73. The van der Waals surface area contributed by atoms with Crippen molar-refractivity contribution in [1.82, 2.24) is 15.2 Å². The van der Waals surface area contributed by atoms with Gasteiger partial charge in [-0.2, -0.15) is 0 Å². The van der Waals surface area contributed by atoms with Gasteiger partial charge in [-0.3, -0.25) is 4.79 Å². The highest BCUT2D eigenvalue weighted by Crippen LogP contribution is 2.33. The Morgan fingerprint density at radius 1 is 1.40 bits per heavy atom. The topological polar surface area (TPSA) is 57.3 Å². The van der Waals surface area contributed by atoms with Gasteiger partial charge in [-0.25, -0.2) is 4.98 Å². The predicted molar refractivity (Wildman–Crippen MR) is 81.0 cm³/mol. The van der Waals surface area contributed by atoms with Crippen LogP contribution in [-0.4, -0.2) is 49.0 Å². The number of pyridine rings is 1. The lowest BCUT2D eigenvalue weighted by molar-refractivity contribution is 0.0900. The van der Waals surface area contributed by atoms with Crippen LogP contribution < -0.4 is 10.6 Å². The molecule has 1 saturated carbocycles. The van der Waals surface area contributed by atoms with Gasteiger partial charge in [0.15, 0.2) is 0 Å². The highest BCUT2D eigenvalue weighted by Gasteiger charge is 2.36. The van der Waals surface area contributed by atoms with E-state index in [0.717, 1.165) is 12.8 Å². The summed E-state index contributed by atoms with van der Waals surface area (Å²) in [6.45, 7) is 0.691. The van der Waals surface area contributed by atoms with Crippen molar-refractivity contribution in [3.8, 4) is 0 Å². The summed E-state index contributed by atoms with van der Waals surface area (Å²) in [4.78, 5) is 18.8. The SMILES string of the molecule is CNc1ncccc1C(=O)NCC1(N(C)C)CCCC1. The summed E-state index contributed by atoms with van der Waals surface area (Å²) in [6.07, 6.45) is 6.45. The van der Waals surface area contributed by atoms with E-state index in [4.69, 9.17) is 0 Å². The summed E-state index contributed by atoms with van der Waals surface area (Å²) in [7, 11) is 5.97. The van der Waals surface area contributed by atoms with Crippen LogP contribution in [0.25, 0.3) is 0 Å². The van der Waals surface area contributed by atoms with Gasteiger partial charge in [-0.05, 0) is 39.1 Å². The monoisotopic (exact) mass is 276 g/mol. The molecule has 1 aromatic rings. The Morgan fingerprint density at radius 3 is 2.70 bits per heavy atom. The molecule has 0 spiro atoms. The van der Waals surface area contributed by atoms with E-state index in [0.29, 0.717) is 17.9 Å². The second-order valence-corrected chi connectivity index (χ2v) is 5.66. The molecular weight excluding hydrogens is 252 g/mol. The van der Waals surface area contributed by atoms with Crippen LogP contribution in [0.4, 0.5) is 5.82 Å². The van der Waals surface area contributed by atoms with Crippen molar-refractivity contribution in [2.24, 2.45) is 0 Å². The molecule has 1 fully saturated rings. The summed E-state index contributed by atoms with van der Waals surface area (Å²) >= 11 is 0. The van der Waals surface area contributed by atoms with Gasteiger partial charge in [0.1, 0.15) is 5.82 Å². The zero-order chi connectivity index (χ0) is 14.6. The number of amides is 1. The zero-order valence-electron chi connectivity index (χ0n) is 12.6. The highest BCUT2D eigenvalue weighted by molar-refractivity contribution is 5.98. The van der Waals surface area contributed by atoms with Gasteiger partial charge in [0, 0.05) is 25.3 Å². The molecule has 0 aliphatic heterocycles. The van der Waals surface area contributed by atoms with Crippen LogP contribution in [0.5, 0.6) is 0 Å². The van der Waals surface area contributed by atoms with Gasteiger partial charge in [0.05, 0.1) is 5.56 Å². The van der Waals surface area contributed by atoms with Crippen LogP contribution >= 0.6 is 0 Å². The first-order valence-corrected chi connectivity index (χ1v) is 7.17.